The molecule has 6 nitrogen and oxygen atoms in total. The molecule has 3 heterocycles. The van der Waals surface area contributed by atoms with Gasteiger partial charge in [-0.3, -0.25) is 0 Å². The van der Waals surface area contributed by atoms with Gasteiger partial charge in [-0.2, -0.15) is 0 Å². The predicted octanol–water partition coefficient (Wildman–Crippen LogP) is 1.91. The highest BCUT2D eigenvalue weighted by molar-refractivity contribution is 9.10. The monoisotopic (exact) mass is 337 g/mol. The van der Waals surface area contributed by atoms with Gasteiger partial charge in [0.25, 0.3) is 0 Å². The molecule has 0 amide bonds. The molecule has 0 unspecified atom stereocenters. The number of aromatic amines is 1. The standard InChI is InChI=1S/C13H16BrN5O/c14-10-7-15-8-18-13(10)19-5-1-9(2-6-19)11(20)12-16-3-4-17-12/h3-4,7-9,11,20H,1-2,5-6H2,(H,16,17)/t11-/m1/s1. The number of aliphatic hydroxyl groups excluding tert-OH is 1. The van der Waals surface area contributed by atoms with Crippen molar-refractivity contribution in [3.05, 3.63) is 35.2 Å². The molecule has 20 heavy (non-hydrogen) atoms. The molecule has 3 rings (SSSR count). The fourth-order valence-corrected chi connectivity index (χ4v) is 3.10. The average Bonchev–Trinajstić information content (AvgIpc) is 3.01. The fourth-order valence-electron chi connectivity index (χ4n) is 2.63. The maximum absolute atomic E-state index is 10.3. The zero-order valence-electron chi connectivity index (χ0n) is 10.9. The number of anilines is 1. The second-order valence-corrected chi connectivity index (χ2v) is 5.79. The van der Waals surface area contributed by atoms with Gasteiger partial charge >= 0.3 is 0 Å². The zero-order valence-corrected chi connectivity index (χ0v) is 12.5. The summed E-state index contributed by atoms with van der Waals surface area (Å²) in [6.45, 7) is 1.75. The van der Waals surface area contributed by atoms with Crippen LogP contribution in [-0.4, -0.2) is 38.1 Å². The van der Waals surface area contributed by atoms with Gasteiger partial charge in [-0.1, -0.05) is 0 Å². The molecule has 106 valence electrons. The van der Waals surface area contributed by atoms with Crippen molar-refractivity contribution in [3.8, 4) is 0 Å². The van der Waals surface area contributed by atoms with Crippen molar-refractivity contribution in [2.24, 2.45) is 5.92 Å². The van der Waals surface area contributed by atoms with Gasteiger partial charge in [-0.05, 0) is 34.7 Å². The van der Waals surface area contributed by atoms with Gasteiger partial charge in [0.2, 0.25) is 0 Å². The molecule has 0 bridgehead atoms. The number of H-pyrrole nitrogens is 1. The van der Waals surface area contributed by atoms with Crippen LogP contribution in [-0.2, 0) is 0 Å². The number of nitrogens with zero attached hydrogens (tertiary/aromatic N) is 4. The SMILES string of the molecule is O[C@@H](c1ncc[nH]1)C1CCN(c2ncncc2Br)CC1. The smallest absolute Gasteiger partial charge is 0.146 e. The largest absolute Gasteiger partial charge is 0.385 e. The van der Waals surface area contributed by atoms with Crippen molar-refractivity contribution < 1.29 is 5.11 Å². The number of aromatic nitrogens is 4. The van der Waals surface area contributed by atoms with Gasteiger partial charge in [0.1, 0.15) is 24.1 Å². The molecule has 1 atom stereocenters. The minimum absolute atomic E-state index is 0.234. The minimum atomic E-state index is -0.513. The van der Waals surface area contributed by atoms with Crippen LogP contribution < -0.4 is 4.90 Å². The maximum Gasteiger partial charge on any atom is 0.146 e. The van der Waals surface area contributed by atoms with E-state index in [1.165, 1.54) is 0 Å². The second-order valence-electron chi connectivity index (χ2n) is 4.94. The molecule has 0 aliphatic carbocycles. The van der Waals surface area contributed by atoms with E-state index in [0.29, 0.717) is 5.82 Å². The summed E-state index contributed by atoms with van der Waals surface area (Å²) in [7, 11) is 0. The third-order valence-corrected chi connectivity index (χ3v) is 4.29. The second kappa shape index (κ2) is 5.88. The summed E-state index contributed by atoms with van der Waals surface area (Å²) < 4.78 is 0.907. The number of piperidine rings is 1. The molecule has 7 heteroatoms. The Bertz CT molecular complexity index is 554. The van der Waals surface area contributed by atoms with Crippen LogP contribution >= 0.6 is 15.9 Å². The predicted molar refractivity (Wildman–Crippen MR) is 78.2 cm³/mol. The molecule has 0 spiro atoms. The van der Waals surface area contributed by atoms with Crippen molar-refractivity contribution in [2.45, 2.75) is 18.9 Å². The van der Waals surface area contributed by atoms with E-state index >= 15 is 0 Å². The Kier molecular flexibility index (Phi) is 3.98. The molecular weight excluding hydrogens is 322 g/mol. The van der Waals surface area contributed by atoms with Gasteiger partial charge in [0, 0.05) is 31.7 Å². The summed E-state index contributed by atoms with van der Waals surface area (Å²) in [6.07, 6.45) is 8.05. The first kappa shape index (κ1) is 13.5. The summed E-state index contributed by atoms with van der Waals surface area (Å²) in [6, 6.07) is 0. The Hall–Kier alpha value is -1.47. The van der Waals surface area contributed by atoms with Crippen LogP contribution in [0.5, 0.6) is 0 Å². The summed E-state index contributed by atoms with van der Waals surface area (Å²) in [4.78, 5) is 17.6. The number of aliphatic hydroxyl groups is 1. The lowest BCUT2D eigenvalue weighted by molar-refractivity contribution is 0.0856. The van der Waals surface area contributed by atoms with Crippen LogP contribution in [0.3, 0.4) is 0 Å². The molecular formula is C13H16BrN5O. The molecule has 1 saturated heterocycles. The number of halogens is 1. The molecule has 1 aliphatic heterocycles. The third-order valence-electron chi connectivity index (χ3n) is 3.73. The van der Waals surface area contributed by atoms with Crippen LogP contribution in [0.4, 0.5) is 5.82 Å². The van der Waals surface area contributed by atoms with E-state index in [1.807, 2.05) is 0 Å². The Morgan fingerprint density at radius 2 is 2.15 bits per heavy atom. The first-order valence-corrected chi connectivity index (χ1v) is 7.43. The third kappa shape index (κ3) is 2.69. The number of nitrogens with one attached hydrogen (secondary N) is 1. The van der Waals surface area contributed by atoms with Gasteiger partial charge in [-0.15, -0.1) is 0 Å². The molecule has 1 aliphatic rings. The first-order valence-electron chi connectivity index (χ1n) is 6.63. The molecule has 0 aromatic carbocycles. The van der Waals surface area contributed by atoms with Crippen LogP contribution in [0.2, 0.25) is 0 Å². The van der Waals surface area contributed by atoms with E-state index in [9.17, 15) is 5.11 Å². The molecule has 2 N–H and O–H groups in total. The van der Waals surface area contributed by atoms with E-state index in [4.69, 9.17) is 0 Å². The summed E-state index contributed by atoms with van der Waals surface area (Å²) >= 11 is 3.48. The van der Waals surface area contributed by atoms with E-state index in [-0.39, 0.29) is 5.92 Å². The quantitative estimate of drug-likeness (QED) is 0.894. The molecule has 2 aromatic rings. The van der Waals surface area contributed by atoms with E-state index in [2.05, 4.69) is 40.8 Å². The van der Waals surface area contributed by atoms with Crippen molar-refractivity contribution >= 4 is 21.7 Å². The van der Waals surface area contributed by atoms with E-state index in [1.54, 1.807) is 24.9 Å². The summed E-state index contributed by atoms with van der Waals surface area (Å²) in [5, 5.41) is 10.3. The fraction of sp³-hybridized carbons (Fsp3) is 0.462. The summed E-state index contributed by atoms with van der Waals surface area (Å²) in [5.41, 5.74) is 0. The van der Waals surface area contributed by atoms with Crippen molar-refractivity contribution in [3.63, 3.8) is 0 Å². The Morgan fingerprint density at radius 1 is 1.35 bits per heavy atom. The van der Waals surface area contributed by atoms with Gasteiger partial charge in [-0.25, -0.2) is 15.0 Å². The molecule has 1 fully saturated rings. The Morgan fingerprint density at radius 3 is 2.80 bits per heavy atom. The Labute approximate surface area is 125 Å². The highest BCUT2D eigenvalue weighted by atomic mass is 79.9. The van der Waals surface area contributed by atoms with E-state index in [0.717, 1.165) is 36.2 Å². The van der Waals surface area contributed by atoms with Crippen LogP contribution in [0.25, 0.3) is 0 Å². The van der Waals surface area contributed by atoms with Crippen LogP contribution in [0.15, 0.2) is 29.4 Å². The Balaban J connectivity index is 1.64. The lowest BCUT2D eigenvalue weighted by Gasteiger charge is -2.34. The van der Waals surface area contributed by atoms with Crippen LogP contribution in [0.1, 0.15) is 24.8 Å². The molecule has 0 radical (unpaired) electrons. The highest BCUT2D eigenvalue weighted by Gasteiger charge is 2.28. The van der Waals surface area contributed by atoms with Crippen molar-refractivity contribution in [1.29, 1.82) is 0 Å². The topological polar surface area (TPSA) is 77.9 Å². The zero-order chi connectivity index (χ0) is 13.9. The normalized spacial score (nSPS) is 18.2. The van der Waals surface area contributed by atoms with Gasteiger partial charge in [0.15, 0.2) is 0 Å². The first-order chi connectivity index (χ1) is 9.75. The van der Waals surface area contributed by atoms with Crippen molar-refractivity contribution in [1.82, 2.24) is 19.9 Å². The highest BCUT2D eigenvalue weighted by Crippen LogP contribution is 2.32. The number of hydrogen-bond donors (Lipinski definition) is 2. The van der Waals surface area contributed by atoms with Crippen LogP contribution in [0, 0.1) is 5.92 Å². The van der Waals surface area contributed by atoms with Gasteiger partial charge < -0.3 is 15.0 Å². The van der Waals surface area contributed by atoms with Crippen molar-refractivity contribution in [2.75, 3.05) is 18.0 Å². The lowest BCUT2D eigenvalue weighted by atomic mass is 9.91. The average molecular weight is 338 g/mol. The number of rotatable bonds is 3. The number of imidazole rings is 1. The molecule has 2 aromatic heterocycles. The maximum atomic E-state index is 10.3. The lowest BCUT2D eigenvalue weighted by Crippen LogP contribution is -2.36. The molecule has 0 saturated carbocycles. The summed E-state index contributed by atoms with van der Waals surface area (Å²) in [5.74, 6) is 1.82. The van der Waals surface area contributed by atoms with Gasteiger partial charge in [0.05, 0.1) is 4.47 Å². The number of hydrogen-bond acceptors (Lipinski definition) is 5. The van der Waals surface area contributed by atoms with E-state index < -0.39 is 6.10 Å². The minimum Gasteiger partial charge on any atom is -0.385 e.